The summed E-state index contributed by atoms with van der Waals surface area (Å²) in [7, 11) is 3.95. The van der Waals surface area contributed by atoms with Crippen molar-refractivity contribution in [1.82, 2.24) is 15.3 Å². The lowest BCUT2D eigenvalue weighted by Gasteiger charge is -2.30. The van der Waals surface area contributed by atoms with Gasteiger partial charge in [0, 0.05) is 31.6 Å². The van der Waals surface area contributed by atoms with Gasteiger partial charge in [0.05, 0.1) is 5.52 Å². The Labute approximate surface area is 197 Å². The Bertz CT molecular complexity index is 1100. The van der Waals surface area contributed by atoms with Gasteiger partial charge in [-0.3, -0.25) is 0 Å². The van der Waals surface area contributed by atoms with Gasteiger partial charge < -0.3 is 20.3 Å². The first-order valence-electron chi connectivity index (χ1n) is 11.6. The van der Waals surface area contributed by atoms with Crippen LogP contribution in [0.25, 0.3) is 10.9 Å². The zero-order valence-corrected chi connectivity index (χ0v) is 19.4. The molecule has 1 aromatic heterocycles. The van der Waals surface area contributed by atoms with E-state index in [-0.39, 0.29) is 11.8 Å². The topological polar surface area (TPSA) is 62.3 Å². The van der Waals surface area contributed by atoms with Crippen molar-refractivity contribution in [3.8, 4) is 5.75 Å². The molecule has 6 nitrogen and oxygen atoms in total. The average Bonchev–Trinajstić information content (AvgIpc) is 2.80. The van der Waals surface area contributed by atoms with E-state index in [0.29, 0.717) is 30.5 Å². The maximum absolute atomic E-state index is 12.6. The lowest BCUT2D eigenvalue weighted by atomic mass is 9.91. The van der Waals surface area contributed by atoms with Crippen LogP contribution >= 0.6 is 0 Å². The molecule has 0 amide bonds. The van der Waals surface area contributed by atoms with Gasteiger partial charge in [-0.2, -0.15) is 4.98 Å². The van der Waals surface area contributed by atoms with Crippen molar-refractivity contribution in [2.45, 2.75) is 50.6 Å². The molecule has 0 radical (unpaired) electrons. The van der Waals surface area contributed by atoms with Crippen molar-refractivity contribution in [3.05, 3.63) is 54.1 Å². The van der Waals surface area contributed by atoms with Crippen LogP contribution in [0.15, 0.2) is 48.5 Å². The number of ether oxygens (including phenoxy) is 1. The molecule has 0 bridgehead atoms. The minimum Gasteiger partial charge on any atom is -0.406 e. The highest BCUT2D eigenvalue weighted by molar-refractivity contribution is 5.90. The van der Waals surface area contributed by atoms with Crippen molar-refractivity contribution >= 4 is 22.7 Å². The minimum absolute atomic E-state index is 0.128. The lowest BCUT2D eigenvalue weighted by Crippen LogP contribution is -2.38. The van der Waals surface area contributed by atoms with Crippen molar-refractivity contribution < 1.29 is 17.9 Å². The Hall–Kier alpha value is -3.07. The predicted molar refractivity (Wildman–Crippen MR) is 128 cm³/mol. The lowest BCUT2D eigenvalue weighted by molar-refractivity contribution is -0.274. The first-order valence-corrected chi connectivity index (χ1v) is 11.6. The molecule has 1 aliphatic carbocycles. The normalized spacial score (nSPS) is 18.6. The van der Waals surface area contributed by atoms with Crippen LogP contribution in [0.1, 0.15) is 31.2 Å². The summed E-state index contributed by atoms with van der Waals surface area (Å²) in [5.74, 6) is 1.40. The van der Waals surface area contributed by atoms with Crippen LogP contribution in [0.4, 0.5) is 24.9 Å². The number of benzene rings is 2. The van der Waals surface area contributed by atoms with E-state index in [1.807, 2.05) is 43.3 Å². The number of para-hydroxylation sites is 2. The predicted octanol–water partition coefficient (Wildman–Crippen LogP) is 5.15. The summed E-state index contributed by atoms with van der Waals surface area (Å²) in [5.41, 5.74) is 1.46. The molecule has 0 saturated heterocycles. The largest absolute Gasteiger partial charge is 0.573 e. The first-order chi connectivity index (χ1) is 16.3. The Morgan fingerprint density at radius 1 is 0.941 bits per heavy atom. The number of hydrogen-bond donors (Lipinski definition) is 2. The van der Waals surface area contributed by atoms with Gasteiger partial charge >= 0.3 is 6.36 Å². The van der Waals surface area contributed by atoms with Gasteiger partial charge in [-0.05, 0) is 62.4 Å². The van der Waals surface area contributed by atoms with Crippen LogP contribution in [-0.2, 0) is 6.42 Å². The van der Waals surface area contributed by atoms with Gasteiger partial charge in [-0.1, -0.05) is 30.3 Å². The Morgan fingerprint density at radius 3 is 2.35 bits per heavy atom. The Kier molecular flexibility index (Phi) is 7.41. The van der Waals surface area contributed by atoms with Gasteiger partial charge in [-0.15, -0.1) is 13.2 Å². The second-order valence-electron chi connectivity index (χ2n) is 8.83. The van der Waals surface area contributed by atoms with E-state index in [4.69, 9.17) is 9.97 Å². The van der Waals surface area contributed by atoms with Crippen molar-refractivity contribution in [2.24, 2.45) is 0 Å². The summed E-state index contributed by atoms with van der Waals surface area (Å²) in [5, 5.41) is 8.01. The molecule has 1 heterocycles. The van der Waals surface area contributed by atoms with Gasteiger partial charge in [0.25, 0.3) is 0 Å². The third-order valence-corrected chi connectivity index (χ3v) is 6.09. The summed E-state index contributed by atoms with van der Waals surface area (Å²) < 4.78 is 42.0. The number of nitrogens with zero attached hydrogens (tertiary/aromatic N) is 3. The molecule has 0 unspecified atom stereocenters. The van der Waals surface area contributed by atoms with Crippen LogP contribution < -0.4 is 20.3 Å². The molecule has 0 aliphatic heterocycles. The van der Waals surface area contributed by atoms with Crippen LogP contribution in [0.2, 0.25) is 0 Å². The second-order valence-corrected chi connectivity index (χ2v) is 8.83. The molecular formula is C25H30F3N5O. The number of nitrogens with one attached hydrogen (secondary N) is 2. The summed E-state index contributed by atoms with van der Waals surface area (Å²) >= 11 is 0. The summed E-state index contributed by atoms with van der Waals surface area (Å²) in [4.78, 5) is 11.4. The van der Waals surface area contributed by atoms with E-state index in [0.717, 1.165) is 42.4 Å². The van der Waals surface area contributed by atoms with Crippen molar-refractivity contribution in [3.63, 3.8) is 0 Å². The number of halogens is 3. The summed E-state index contributed by atoms with van der Waals surface area (Å²) in [6, 6.07) is 14.9. The van der Waals surface area contributed by atoms with Gasteiger partial charge in [0.1, 0.15) is 11.6 Å². The molecule has 3 aromatic rings. The average molecular weight is 474 g/mol. The van der Waals surface area contributed by atoms with Gasteiger partial charge in [0.2, 0.25) is 5.95 Å². The van der Waals surface area contributed by atoms with E-state index in [2.05, 4.69) is 15.4 Å². The summed E-state index contributed by atoms with van der Waals surface area (Å²) in [6.07, 6.45) is -0.309. The highest BCUT2D eigenvalue weighted by Gasteiger charge is 2.32. The van der Waals surface area contributed by atoms with Crippen molar-refractivity contribution in [1.29, 1.82) is 0 Å². The summed E-state index contributed by atoms with van der Waals surface area (Å²) in [6.45, 7) is 0.598. The number of alkyl halides is 3. The fraction of sp³-hybridized carbons (Fsp3) is 0.440. The van der Waals surface area contributed by atoms with E-state index >= 15 is 0 Å². The molecule has 1 fully saturated rings. The monoisotopic (exact) mass is 473 g/mol. The molecule has 9 heteroatoms. The Balaban J connectivity index is 1.28. The number of anilines is 2. The zero-order chi connectivity index (χ0) is 24.1. The second kappa shape index (κ2) is 10.5. The van der Waals surface area contributed by atoms with Crippen LogP contribution in [0, 0.1) is 0 Å². The fourth-order valence-corrected chi connectivity index (χ4v) is 4.44. The first kappa shape index (κ1) is 24.1. The number of fused-ring (bicyclic) bond motifs is 1. The van der Waals surface area contributed by atoms with Crippen LogP contribution in [0.3, 0.4) is 0 Å². The zero-order valence-electron chi connectivity index (χ0n) is 19.4. The molecule has 4 rings (SSSR count). The van der Waals surface area contributed by atoms with Crippen LogP contribution in [0.5, 0.6) is 5.75 Å². The molecule has 2 aromatic carbocycles. The highest BCUT2D eigenvalue weighted by atomic mass is 19.4. The smallest absolute Gasteiger partial charge is 0.406 e. The number of hydrogen-bond acceptors (Lipinski definition) is 6. The quantitative estimate of drug-likeness (QED) is 0.472. The Morgan fingerprint density at radius 2 is 1.62 bits per heavy atom. The molecule has 1 aliphatic rings. The molecule has 1 saturated carbocycles. The number of aromatic nitrogens is 2. The van der Waals surface area contributed by atoms with Crippen LogP contribution in [-0.4, -0.2) is 49.1 Å². The highest BCUT2D eigenvalue weighted by Crippen LogP contribution is 2.28. The fourth-order valence-electron chi connectivity index (χ4n) is 4.44. The van der Waals surface area contributed by atoms with E-state index in [1.165, 1.54) is 6.07 Å². The molecule has 34 heavy (non-hydrogen) atoms. The maximum Gasteiger partial charge on any atom is 0.573 e. The van der Waals surface area contributed by atoms with E-state index < -0.39 is 6.36 Å². The molecule has 0 atom stereocenters. The number of rotatable bonds is 8. The van der Waals surface area contributed by atoms with Gasteiger partial charge in [0.15, 0.2) is 0 Å². The third kappa shape index (κ3) is 6.28. The molecule has 2 N–H and O–H groups in total. The standard InChI is InChI=1S/C25H30F3N5O/c1-33(2)23-20-8-4-5-9-21(20)31-24(32-23)30-19-13-11-18(12-14-19)29-16-15-17-7-3-6-10-22(17)34-25(26,27)28/h3-10,18-19,29H,11-16H2,1-2H3,(H,30,31,32)/t18-,19+. The molecule has 182 valence electrons. The van der Waals surface area contributed by atoms with Gasteiger partial charge in [-0.25, -0.2) is 4.98 Å². The SMILES string of the molecule is CN(C)c1nc(N[C@H]2CC[C@@H](NCCc3ccccc3OC(F)(F)F)CC2)nc2ccccc12. The maximum atomic E-state index is 12.6. The van der Waals surface area contributed by atoms with E-state index in [9.17, 15) is 13.2 Å². The van der Waals surface area contributed by atoms with Crippen molar-refractivity contribution in [2.75, 3.05) is 30.9 Å². The third-order valence-electron chi connectivity index (χ3n) is 6.09. The molecular weight excluding hydrogens is 443 g/mol. The van der Waals surface area contributed by atoms with E-state index in [1.54, 1.807) is 18.2 Å². The minimum atomic E-state index is -4.68. The molecule has 0 spiro atoms.